The van der Waals surface area contributed by atoms with Crippen molar-refractivity contribution in [3.63, 3.8) is 0 Å². The van der Waals surface area contributed by atoms with Crippen LogP contribution < -0.4 is 0 Å². The van der Waals surface area contributed by atoms with Gasteiger partial charge in [0.15, 0.2) is 0 Å². The highest BCUT2D eigenvalue weighted by molar-refractivity contribution is 5.89. The Morgan fingerprint density at radius 1 is 1.20 bits per heavy atom. The van der Waals surface area contributed by atoms with Crippen molar-refractivity contribution in [1.82, 2.24) is 0 Å². The lowest BCUT2D eigenvalue weighted by Gasteiger charge is -2.26. The number of ketones is 1. The largest absolute Gasteiger partial charge is 0.469 e. The molecule has 0 rings (SSSR count). The van der Waals surface area contributed by atoms with E-state index in [-0.39, 0.29) is 30.0 Å². The van der Waals surface area contributed by atoms with E-state index in [9.17, 15) is 9.59 Å². The zero-order chi connectivity index (χ0) is 12.2. The van der Waals surface area contributed by atoms with Gasteiger partial charge in [-0.05, 0) is 5.92 Å². The molecule has 0 aliphatic rings. The topological polar surface area (TPSA) is 43.4 Å². The molecule has 15 heavy (non-hydrogen) atoms. The van der Waals surface area contributed by atoms with Gasteiger partial charge >= 0.3 is 5.97 Å². The van der Waals surface area contributed by atoms with Crippen molar-refractivity contribution in [2.24, 2.45) is 17.3 Å². The Morgan fingerprint density at radius 2 is 1.67 bits per heavy atom. The third-order valence-electron chi connectivity index (χ3n) is 2.49. The highest BCUT2D eigenvalue weighted by Crippen LogP contribution is 2.27. The van der Waals surface area contributed by atoms with Crippen molar-refractivity contribution in [1.29, 1.82) is 0 Å². The fourth-order valence-electron chi connectivity index (χ4n) is 1.45. The van der Waals surface area contributed by atoms with E-state index in [0.29, 0.717) is 0 Å². The van der Waals surface area contributed by atoms with Gasteiger partial charge in [-0.25, -0.2) is 0 Å². The Balaban J connectivity index is 4.68. The van der Waals surface area contributed by atoms with Crippen LogP contribution >= 0.6 is 0 Å². The first kappa shape index (κ1) is 14.1. The Bertz CT molecular complexity index is 236. The van der Waals surface area contributed by atoms with Crippen molar-refractivity contribution < 1.29 is 14.3 Å². The van der Waals surface area contributed by atoms with Crippen LogP contribution in [0.2, 0.25) is 0 Å². The predicted molar refractivity (Wildman–Crippen MR) is 59.4 cm³/mol. The number of methoxy groups -OCH3 is 1. The summed E-state index contributed by atoms with van der Waals surface area (Å²) in [6.45, 7) is 9.54. The standard InChI is InChI=1S/C12H22O3/c1-8(2)9(7-10(13)15-6)11(14)12(3,4)5/h8-9H,7H2,1-6H3/t9-/m1/s1. The molecule has 0 radical (unpaired) electrons. The molecule has 0 aliphatic carbocycles. The zero-order valence-electron chi connectivity index (χ0n) is 10.6. The molecule has 88 valence electrons. The predicted octanol–water partition coefficient (Wildman–Crippen LogP) is 2.44. The fraction of sp³-hybridized carbons (Fsp3) is 0.833. The van der Waals surface area contributed by atoms with Gasteiger partial charge in [-0.3, -0.25) is 9.59 Å². The van der Waals surface area contributed by atoms with Gasteiger partial charge in [-0.2, -0.15) is 0 Å². The van der Waals surface area contributed by atoms with Crippen LogP contribution in [0.25, 0.3) is 0 Å². The Labute approximate surface area is 92.2 Å². The summed E-state index contributed by atoms with van der Waals surface area (Å²) in [5.41, 5.74) is -0.400. The van der Waals surface area contributed by atoms with Gasteiger partial charge in [0.1, 0.15) is 5.78 Å². The molecule has 0 N–H and O–H groups in total. The molecular formula is C12H22O3. The summed E-state index contributed by atoms with van der Waals surface area (Å²) in [6, 6.07) is 0. The van der Waals surface area contributed by atoms with Gasteiger partial charge in [0, 0.05) is 11.3 Å². The lowest BCUT2D eigenvalue weighted by Crippen LogP contribution is -2.33. The number of rotatable bonds is 4. The first-order valence-electron chi connectivity index (χ1n) is 5.31. The van der Waals surface area contributed by atoms with E-state index in [1.165, 1.54) is 7.11 Å². The molecule has 0 saturated heterocycles. The highest BCUT2D eigenvalue weighted by Gasteiger charge is 2.33. The third kappa shape index (κ3) is 4.45. The van der Waals surface area contributed by atoms with E-state index in [0.717, 1.165) is 0 Å². The van der Waals surface area contributed by atoms with Crippen LogP contribution in [0.1, 0.15) is 41.0 Å². The van der Waals surface area contributed by atoms with E-state index in [4.69, 9.17) is 0 Å². The van der Waals surface area contributed by atoms with Gasteiger partial charge in [0.05, 0.1) is 13.5 Å². The highest BCUT2D eigenvalue weighted by atomic mass is 16.5. The smallest absolute Gasteiger partial charge is 0.306 e. The average molecular weight is 214 g/mol. The third-order valence-corrected chi connectivity index (χ3v) is 2.49. The molecule has 0 unspecified atom stereocenters. The lowest BCUT2D eigenvalue weighted by molar-refractivity contribution is -0.146. The van der Waals surface area contributed by atoms with Crippen molar-refractivity contribution in [3.05, 3.63) is 0 Å². The van der Waals surface area contributed by atoms with Crippen LogP contribution in [0.15, 0.2) is 0 Å². The lowest BCUT2D eigenvalue weighted by atomic mass is 9.77. The van der Waals surface area contributed by atoms with Crippen molar-refractivity contribution in [3.8, 4) is 0 Å². The molecule has 0 aromatic carbocycles. The summed E-state index contributed by atoms with van der Waals surface area (Å²) in [5.74, 6) is -0.262. The second-order valence-electron chi connectivity index (χ2n) is 5.25. The number of carbonyl (C=O) groups excluding carboxylic acids is 2. The molecule has 0 aromatic heterocycles. The van der Waals surface area contributed by atoms with Crippen LogP contribution in [0.4, 0.5) is 0 Å². The van der Waals surface area contributed by atoms with Crippen LogP contribution in [-0.4, -0.2) is 18.9 Å². The molecule has 0 amide bonds. The summed E-state index contributed by atoms with van der Waals surface area (Å²) in [5, 5.41) is 0. The number of Topliss-reactive ketones (excluding diaryl/α,β-unsaturated/α-hetero) is 1. The first-order valence-corrected chi connectivity index (χ1v) is 5.31. The number of esters is 1. The Hall–Kier alpha value is -0.860. The number of hydrogen-bond acceptors (Lipinski definition) is 3. The number of carbonyl (C=O) groups is 2. The van der Waals surface area contributed by atoms with Crippen LogP contribution in [0.5, 0.6) is 0 Å². The van der Waals surface area contributed by atoms with Gasteiger partial charge in [-0.15, -0.1) is 0 Å². The fourth-order valence-corrected chi connectivity index (χ4v) is 1.45. The maximum atomic E-state index is 12.0. The monoisotopic (exact) mass is 214 g/mol. The second kappa shape index (κ2) is 5.29. The summed E-state index contributed by atoms with van der Waals surface area (Å²) in [4.78, 5) is 23.2. The van der Waals surface area contributed by atoms with Gasteiger partial charge in [0.25, 0.3) is 0 Å². The maximum Gasteiger partial charge on any atom is 0.306 e. The minimum atomic E-state index is -0.400. The molecule has 0 saturated carbocycles. The zero-order valence-corrected chi connectivity index (χ0v) is 10.6. The molecular weight excluding hydrogens is 192 g/mol. The molecule has 0 aliphatic heterocycles. The summed E-state index contributed by atoms with van der Waals surface area (Å²) >= 11 is 0. The average Bonchev–Trinajstić information content (AvgIpc) is 2.10. The normalized spacial score (nSPS) is 13.8. The van der Waals surface area contributed by atoms with E-state index in [1.54, 1.807) is 0 Å². The van der Waals surface area contributed by atoms with E-state index in [2.05, 4.69) is 4.74 Å². The quantitative estimate of drug-likeness (QED) is 0.675. The number of hydrogen-bond donors (Lipinski definition) is 0. The van der Waals surface area contributed by atoms with Crippen LogP contribution in [0.3, 0.4) is 0 Å². The SMILES string of the molecule is COC(=O)C[C@@H](C(=O)C(C)(C)C)C(C)C. The maximum absolute atomic E-state index is 12.0. The molecule has 1 atom stereocenters. The van der Waals surface area contributed by atoms with Crippen molar-refractivity contribution in [2.45, 2.75) is 41.0 Å². The molecule has 3 nitrogen and oxygen atoms in total. The molecule has 0 fully saturated rings. The second-order valence-corrected chi connectivity index (χ2v) is 5.25. The molecule has 3 heteroatoms. The van der Waals surface area contributed by atoms with E-state index in [1.807, 2.05) is 34.6 Å². The summed E-state index contributed by atoms with van der Waals surface area (Å²) in [6.07, 6.45) is 0.185. The molecule has 0 bridgehead atoms. The van der Waals surface area contributed by atoms with E-state index >= 15 is 0 Å². The van der Waals surface area contributed by atoms with Crippen LogP contribution in [0, 0.1) is 17.3 Å². The Morgan fingerprint density at radius 3 is 1.93 bits per heavy atom. The molecule has 0 heterocycles. The first-order chi connectivity index (χ1) is 6.70. The Kier molecular flexibility index (Phi) is 4.98. The van der Waals surface area contributed by atoms with Crippen molar-refractivity contribution in [2.75, 3.05) is 7.11 Å². The summed E-state index contributed by atoms with van der Waals surface area (Å²) < 4.78 is 4.60. The molecule has 0 aromatic rings. The minimum absolute atomic E-state index is 0.128. The van der Waals surface area contributed by atoms with Crippen molar-refractivity contribution >= 4 is 11.8 Å². The number of ether oxygens (including phenoxy) is 1. The van der Waals surface area contributed by atoms with Gasteiger partial charge in [-0.1, -0.05) is 34.6 Å². The summed E-state index contributed by atoms with van der Waals surface area (Å²) in [7, 11) is 1.35. The van der Waals surface area contributed by atoms with Crippen LogP contribution in [-0.2, 0) is 14.3 Å². The van der Waals surface area contributed by atoms with E-state index < -0.39 is 5.41 Å². The van der Waals surface area contributed by atoms with Gasteiger partial charge in [0.2, 0.25) is 0 Å². The minimum Gasteiger partial charge on any atom is -0.469 e. The van der Waals surface area contributed by atoms with Gasteiger partial charge < -0.3 is 4.74 Å². The molecule has 0 spiro atoms.